The van der Waals surface area contributed by atoms with Crippen LogP contribution in [0.4, 0.5) is 8.78 Å². The summed E-state index contributed by atoms with van der Waals surface area (Å²) in [6.45, 7) is 2.60. The Morgan fingerprint density at radius 1 is 1.24 bits per heavy atom. The van der Waals surface area contributed by atoms with Gasteiger partial charge in [-0.3, -0.25) is 0 Å². The first kappa shape index (κ1) is 11.8. The van der Waals surface area contributed by atoms with Crippen molar-refractivity contribution in [2.24, 2.45) is 0 Å². The van der Waals surface area contributed by atoms with Crippen molar-refractivity contribution < 1.29 is 8.78 Å². The van der Waals surface area contributed by atoms with Gasteiger partial charge in [0.2, 0.25) is 0 Å². The minimum atomic E-state index is -0.813. The fourth-order valence-electron chi connectivity index (χ4n) is 1.64. The van der Waals surface area contributed by atoms with E-state index in [0.29, 0.717) is 6.54 Å². The third-order valence-corrected chi connectivity index (χ3v) is 2.72. The summed E-state index contributed by atoms with van der Waals surface area (Å²) < 4.78 is 25.8. The van der Waals surface area contributed by atoms with E-state index < -0.39 is 11.6 Å². The van der Waals surface area contributed by atoms with Crippen LogP contribution in [-0.4, -0.2) is 4.98 Å². The molecular weight excluding hydrogens is 222 g/mol. The molecule has 17 heavy (non-hydrogen) atoms. The first-order valence-corrected chi connectivity index (χ1v) is 5.47. The van der Waals surface area contributed by atoms with E-state index in [1.807, 2.05) is 25.4 Å². The summed E-state index contributed by atoms with van der Waals surface area (Å²) in [6.07, 6.45) is 3.74. The number of hydrogen-bond acceptors (Lipinski definition) is 1. The molecular formula is C13H14F2N2. The van der Waals surface area contributed by atoms with Crippen LogP contribution < -0.4 is 5.32 Å². The Bertz CT molecular complexity index is 480. The molecule has 4 heteroatoms. The molecule has 0 radical (unpaired) electrons. The van der Waals surface area contributed by atoms with Gasteiger partial charge in [-0.05, 0) is 36.2 Å². The molecule has 1 unspecified atom stereocenters. The zero-order valence-electron chi connectivity index (χ0n) is 9.50. The van der Waals surface area contributed by atoms with Crippen LogP contribution in [0.25, 0.3) is 0 Å². The predicted molar refractivity (Wildman–Crippen MR) is 62.4 cm³/mol. The molecule has 2 nitrogen and oxygen atoms in total. The highest BCUT2D eigenvalue weighted by Gasteiger charge is 2.08. The molecule has 0 saturated carbocycles. The largest absolute Gasteiger partial charge is 0.367 e. The minimum Gasteiger partial charge on any atom is -0.367 e. The van der Waals surface area contributed by atoms with Gasteiger partial charge in [0.1, 0.15) is 0 Å². The maximum Gasteiger partial charge on any atom is 0.159 e. The molecule has 2 rings (SSSR count). The second-order valence-corrected chi connectivity index (χ2v) is 4.00. The van der Waals surface area contributed by atoms with Crippen molar-refractivity contribution in [3.8, 4) is 0 Å². The lowest BCUT2D eigenvalue weighted by Crippen LogP contribution is -2.18. The van der Waals surface area contributed by atoms with Gasteiger partial charge in [0.15, 0.2) is 11.6 Å². The Hall–Kier alpha value is -1.68. The zero-order chi connectivity index (χ0) is 12.3. The van der Waals surface area contributed by atoms with E-state index in [-0.39, 0.29) is 6.04 Å². The molecule has 2 N–H and O–H groups in total. The number of halogens is 2. The summed E-state index contributed by atoms with van der Waals surface area (Å²) in [5, 5.41) is 3.24. The molecule has 0 aliphatic heterocycles. The summed E-state index contributed by atoms with van der Waals surface area (Å²) >= 11 is 0. The molecule has 0 spiro atoms. The number of hydrogen-bond donors (Lipinski definition) is 2. The summed E-state index contributed by atoms with van der Waals surface area (Å²) in [5.41, 5.74) is 1.86. The van der Waals surface area contributed by atoms with Gasteiger partial charge in [0.25, 0.3) is 0 Å². The average Bonchev–Trinajstić information content (AvgIpc) is 2.82. The van der Waals surface area contributed by atoms with Crippen LogP contribution in [0.2, 0.25) is 0 Å². The number of nitrogens with one attached hydrogen (secondary N) is 2. The summed E-state index contributed by atoms with van der Waals surface area (Å²) in [7, 11) is 0. The van der Waals surface area contributed by atoms with Gasteiger partial charge in [0, 0.05) is 25.0 Å². The number of benzene rings is 1. The zero-order valence-corrected chi connectivity index (χ0v) is 9.50. The van der Waals surface area contributed by atoms with Gasteiger partial charge >= 0.3 is 0 Å². The van der Waals surface area contributed by atoms with Crippen molar-refractivity contribution in [3.63, 3.8) is 0 Å². The molecule has 0 aliphatic carbocycles. The monoisotopic (exact) mass is 236 g/mol. The Balaban J connectivity index is 1.99. The van der Waals surface area contributed by atoms with Gasteiger partial charge < -0.3 is 10.3 Å². The molecule has 0 fully saturated rings. The second kappa shape index (κ2) is 5.10. The number of rotatable bonds is 4. The molecule has 0 aliphatic rings. The van der Waals surface area contributed by atoms with Crippen molar-refractivity contribution >= 4 is 0 Å². The van der Waals surface area contributed by atoms with Crippen molar-refractivity contribution in [2.75, 3.05) is 0 Å². The third kappa shape index (κ3) is 2.91. The van der Waals surface area contributed by atoms with Gasteiger partial charge in [0.05, 0.1) is 0 Å². The molecule has 1 aromatic carbocycles. The van der Waals surface area contributed by atoms with Gasteiger partial charge in [-0.15, -0.1) is 0 Å². The van der Waals surface area contributed by atoms with E-state index in [2.05, 4.69) is 10.3 Å². The van der Waals surface area contributed by atoms with Crippen LogP contribution in [0, 0.1) is 11.6 Å². The average molecular weight is 236 g/mol. The number of aromatic nitrogens is 1. The molecule has 0 amide bonds. The molecule has 0 bridgehead atoms. The van der Waals surface area contributed by atoms with E-state index in [9.17, 15) is 8.78 Å². The van der Waals surface area contributed by atoms with Crippen LogP contribution in [-0.2, 0) is 6.54 Å². The molecule has 90 valence electrons. The number of aromatic amines is 1. The predicted octanol–water partition coefficient (Wildman–Crippen LogP) is 3.14. The molecule has 0 saturated heterocycles. The first-order valence-electron chi connectivity index (χ1n) is 5.47. The normalized spacial score (nSPS) is 12.6. The van der Waals surface area contributed by atoms with Gasteiger partial charge in [-0.1, -0.05) is 6.07 Å². The fraction of sp³-hybridized carbons (Fsp3) is 0.231. The van der Waals surface area contributed by atoms with Crippen molar-refractivity contribution in [3.05, 3.63) is 59.4 Å². The summed E-state index contributed by atoms with van der Waals surface area (Å²) in [4.78, 5) is 2.96. The van der Waals surface area contributed by atoms with Gasteiger partial charge in [-0.2, -0.15) is 0 Å². The third-order valence-electron chi connectivity index (χ3n) is 2.72. The maximum atomic E-state index is 13.0. The van der Waals surface area contributed by atoms with E-state index in [4.69, 9.17) is 0 Å². The lowest BCUT2D eigenvalue weighted by molar-refractivity contribution is 0.500. The lowest BCUT2D eigenvalue weighted by atomic mass is 10.1. The van der Waals surface area contributed by atoms with E-state index in [0.717, 1.165) is 17.2 Å². The van der Waals surface area contributed by atoms with E-state index in [1.165, 1.54) is 6.07 Å². The Morgan fingerprint density at radius 2 is 2.06 bits per heavy atom. The van der Waals surface area contributed by atoms with Crippen LogP contribution in [0.3, 0.4) is 0 Å². The van der Waals surface area contributed by atoms with E-state index in [1.54, 1.807) is 6.07 Å². The standard InChI is InChI=1S/C13H14F2N2/c1-9(17-8-10-4-5-16-7-10)11-2-3-12(14)13(15)6-11/h2-7,9,16-17H,8H2,1H3. The molecule has 1 heterocycles. The molecule has 1 aromatic heterocycles. The summed E-state index contributed by atoms with van der Waals surface area (Å²) in [6, 6.07) is 5.90. The topological polar surface area (TPSA) is 27.8 Å². The van der Waals surface area contributed by atoms with Crippen molar-refractivity contribution in [2.45, 2.75) is 19.5 Å². The van der Waals surface area contributed by atoms with Crippen LogP contribution in [0.1, 0.15) is 24.1 Å². The van der Waals surface area contributed by atoms with Crippen LogP contribution in [0.5, 0.6) is 0 Å². The first-order chi connectivity index (χ1) is 8.16. The smallest absolute Gasteiger partial charge is 0.159 e. The highest BCUT2D eigenvalue weighted by atomic mass is 19.2. The quantitative estimate of drug-likeness (QED) is 0.838. The van der Waals surface area contributed by atoms with Crippen LogP contribution >= 0.6 is 0 Å². The molecule has 1 atom stereocenters. The minimum absolute atomic E-state index is 0.0278. The second-order valence-electron chi connectivity index (χ2n) is 4.00. The Labute approximate surface area is 98.7 Å². The van der Waals surface area contributed by atoms with Gasteiger partial charge in [-0.25, -0.2) is 8.78 Å². The van der Waals surface area contributed by atoms with Crippen molar-refractivity contribution in [1.82, 2.24) is 10.3 Å². The van der Waals surface area contributed by atoms with E-state index >= 15 is 0 Å². The summed E-state index contributed by atoms with van der Waals surface area (Å²) in [5.74, 6) is -1.62. The Morgan fingerprint density at radius 3 is 2.71 bits per heavy atom. The lowest BCUT2D eigenvalue weighted by Gasteiger charge is -2.13. The van der Waals surface area contributed by atoms with Crippen molar-refractivity contribution in [1.29, 1.82) is 0 Å². The SMILES string of the molecule is CC(NCc1cc[nH]c1)c1ccc(F)c(F)c1. The highest BCUT2D eigenvalue weighted by Crippen LogP contribution is 2.16. The molecule has 2 aromatic rings. The number of H-pyrrole nitrogens is 1. The fourth-order valence-corrected chi connectivity index (χ4v) is 1.64. The Kier molecular flexibility index (Phi) is 3.54. The highest BCUT2D eigenvalue weighted by molar-refractivity contribution is 5.21. The van der Waals surface area contributed by atoms with Crippen LogP contribution in [0.15, 0.2) is 36.7 Å². The maximum absolute atomic E-state index is 13.0.